The third-order valence-electron chi connectivity index (χ3n) is 5.21. The first-order valence-corrected chi connectivity index (χ1v) is 10.5. The SMILES string of the molecule is Cn1c(Cl)c2c(c1C(=O)Nc1ccc(F)c(Cl)c1)CCCC2NC(=O)OCc1nc[nH]n1. The van der Waals surface area contributed by atoms with Crippen LogP contribution in [0.1, 0.15) is 46.3 Å². The smallest absolute Gasteiger partial charge is 0.408 e. The molecule has 0 saturated carbocycles. The summed E-state index contributed by atoms with van der Waals surface area (Å²) in [6.45, 7) is -0.0781. The maximum Gasteiger partial charge on any atom is 0.408 e. The lowest BCUT2D eigenvalue weighted by Gasteiger charge is -2.24. The van der Waals surface area contributed by atoms with E-state index >= 15 is 0 Å². The van der Waals surface area contributed by atoms with Crippen molar-refractivity contribution in [1.82, 2.24) is 25.1 Å². The van der Waals surface area contributed by atoms with Crippen molar-refractivity contribution in [1.29, 1.82) is 0 Å². The number of hydrogen-bond donors (Lipinski definition) is 3. The number of H-pyrrole nitrogens is 1. The standard InChI is InChI=1S/C20H19Cl2FN6O3/c1-29-17(19(30)26-10-5-6-13(23)12(21)7-10)11-3-2-4-14(16(11)18(29)22)27-20(31)32-8-15-24-9-25-28-15/h5-7,9,14H,2-4,8H2,1H3,(H,26,30)(H,27,31)(H,24,25,28). The number of halogens is 3. The first-order chi connectivity index (χ1) is 15.3. The van der Waals surface area contributed by atoms with Crippen molar-refractivity contribution in [2.24, 2.45) is 7.05 Å². The van der Waals surface area contributed by atoms with E-state index in [4.69, 9.17) is 27.9 Å². The van der Waals surface area contributed by atoms with Gasteiger partial charge >= 0.3 is 6.09 Å². The van der Waals surface area contributed by atoms with Crippen LogP contribution in [0.5, 0.6) is 0 Å². The Morgan fingerprint density at radius 2 is 2.19 bits per heavy atom. The number of benzene rings is 1. The third-order valence-corrected chi connectivity index (χ3v) is 5.96. The highest BCUT2D eigenvalue weighted by atomic mass is 35.5. The molecule has 0 saturated heterocycles. The molecule has 32 heavy (non-hydrogen) atoms. The monoisotopic (exact) mass is 480 g/mol. The molecule has 168 valence electrons. The van der Waals surface area contributed by atoms with Crippen LogP contribution in [0.15, 0.2) is 24.5 Å². The van der Waals surface area contributed by atoms with Crippen LogP contribution in [0.3, 0.4) is 0 Å². The average molecular weight is 481 g/mol. The van der Waals surface area contributed by atoms with Crippen LogP contribution >= 0.6 is 23.2 Å². The fourth-order valence-electron chi connectivity index (χ4n) is 3.78. The summed E-state index contributed by atoms with van der Waals surface area (Å²) >= 11 is 12.4. The van der Waals surface area contributed by atoms with Gasteiger partial charge in [-0.25, -0.2) is 14.2 Å². The highest BCUT2D eigenvalue weighted by Gasteiger charge is 2.33. The molecule has 2 aromatic heterocycles. The van der Waals surface area contributed by atoms with Gasteiger partial charge in [-0.1, -0.05) is 23.2 Å². The molecular weight excluding hydrogens is 462 g/mol. The van der Waals surface area contributed by atoms with Gasteiger partial charge in [0.25, 0.3) is 5.91 Å². The Bertz CT molecular complexity index is 1160. The van der Waals surface area contributed by atoms with E-state index in [1.165, 1.54) is 24.5 Å². The van der Waals surface area contributed by atoms with Gasteiger partial charge in [0.1, 0.15) is 23.0 Å². The number of carbonyl (C=O) groups excluding carboxylic acids is 2. The number of hydrogen-bond acceptors (Lipinski definition) is 5. The second-order valence-corrected chi connectivity index (χ2v) is 8.02. The summed E-state index contributed by atoms with van der Waals surface area (Å²) in [6.07, 6.45) is 2.75. The maximum atomic E-state index is 13.4. The van der Waals surface area contributed by atoms with E-state index in [1.54, 1.807) is 11.6 Å². The van der Waals surface area contributed by atoms with Gasteiger partial charge in [-0.05, 0) is 43.0 Å². The molecule has 2 amide bonds. The molecule has 9 nitrogen and oxygen atoms in total. The Kier molecular flexibility index (Phi) is 6.33. The summed E-state index contributed by atoms with van der Waals surface area (Å²) in [7, 11) is 1.67. The van der Waals surface area contributed by atoms with Crippen LogP contribution in [0.4, 0.5) is 14.9 Å². The second kappa shape index (κ2) is 9.17. The molecule has 12 heteroatoms. The number of anilines is 1. The highest BCUT2D eigenvalue weighted by Crippen LogP contribution is 2.39. The zero-order valence-corrected chi connectivity index (χ0v) is 18.4. The molecule has 2 heterocycles. The van der Waals surface area contributed by atoms with Gasteiger partial charge in [-0.2, -0.15) is 5.10 Å². The Morgan fingerprint density at radius 3 is 2.91 bits per heavy atom. The van der Waals surface area contributed by atoms with Gasteiger partial charge in [0.15, 0.2) is 12.4 Å². The summed E-state index contributed by atoms with van der Waals surface area (Å²) in [4.78, 5) is 29.2. The van der Waals surface area contributed by atoms with E-state index in [-0.39, 0.29) is 11.6 Å². The number of aromatic amines is 1. The summed E-state index contributed by atoms with van der Waals surface area (Å²) in [5, 5.41) is 12.1. The molecule has 0 bridgehead atoms. The number of rotatable bonds is 5. The quantitative estimate of drug-likeness (QED) is 0.507. The van der Waals surface area contributed by atoms with Crippen LogP contribution in [-0.4, -0.2) is 31.7 Å². The average Bonchev–Trinajstić information content (AvgIpc) is 3.36. The lowest BCUT2D eigenvalue weighted by molar-refractivity contribution is 0.101. The minimum Gasteiger partial charge on any atom is -0.441 e. The Hall–Kier alpha value is -3.11. The minimum absolute atomic E-state index is 0.0781. The first kappa shape index (κ1) is 22.1. The van der Waals surface area contributed by atoms with Crippen LogP contribution in [0, 0.1) is 5.82 Å². The van der Waals surface area contributed by atoms with E-state index in [9.17, 15) is 14.0 Å². The van der Waals surface area contributed by atoms with E-state index in [0.29, 0.717) is 40.8 Å². The topological polar surface area (TPSA) is 114 Å². The summed E-state index contributed by atoms with van der Waals surface area (Å²) in [5.41, 5.74) is 2.14. The number of alkyl carbamates (subject to hydrolysis) is 1. The Labute approximate surface area is 192 Å². The van der Waals surface area contributed by atoms with Crippen molar-refractivity contribution in [3.63, 3.8) is 0 Å². The molecular formula is C20H19Cl2FN6O3. The molecule has 3 aromatic rings. The van der Waals surface area contributed by atoms with Crippen molar-refractivity contribution in [2.75, 3.05) is 5.32 Å². The molecule has 4 rings (SSSR count). The van der Waals surface area contributed by atoms with Gasteiger partial charge in [-0.15, -0.1) is 0 Å². The fraction of sp³-hybridized carbons (Fsp3) is 0.300. The van der Waals surface area contributed by atoms with Crippen LogP contribution in [0.2, 0.25) is 10.2 Å². The van der Waals surface area contributed by atoms with Crippen molar-refractivity contribution in [3.05, 3.63) is 63.2 Å². The van der Waals surface area contributed by atoms with Gasteiger partial charge in [-0.3, -0.25) is 9.89 Å². The molecule has 1 aliphatic carbocycles. The largest absolute Gasteiger partial charge is 0.441 e. The van der Waals surface area contributed by atoms with Crippen molar-refractivity contribution >= 4 is 40.9 Å². The number of aromatic nitrogens is 4. The van der Waals surface area contributed by atoms with Crippen molar-refractivity contribution in [2.45, 2.75) is 31.9 Å². The molecule has 1 atom stereocenters. The minimum atomic E-state index is -0.639. The van der Waals surface area contributed by atoms with Crippen LogP contribution in [-0.2, 0) is 24.8 Å². The molecule has 3 N–H and O–H groups in total. The van der Waals surface area contributed by atoms with Gasteiger partial charge < -0.3 is 19.9 Å². The van der Waals surface area contributed by atoms with Gasteiger partial charge in [0, 0.05) is 18.3 Å². The molecule has 0 aliphatic heterocycles. The normalized spacial score (nSPS) is 15.2. The molecule has 0 spiro atoms. The number of ether oxygens (including phenoxy) is 1. The molecule has 0 radical (unpaired) electrons. The number of fused-ring (bicyclic) bond motifs is 1. The predicted molar refractivity (Wildman–Crippen MR) is 115 cm³/mol. The van der Waals surface area contributed by atoms with Crippen LogP contribution in [0.25, 0.3) is 0 Å². The molecule has 1 aromatic carbocycles. The number of amides is 2. The first-order valence-electron chi connectivity index (χ1n) is 9.76. The summed E-state index contributed by atoms with van der Waals surface area (Å²) < 4.78 is 20.2. The van der Waals surface area contributed by atoms with E-state index < -0.39 is 23.9 Å². The summed E-state index contributed by atoms with van der Waals surface area (Å²) in [6, 6.07) is 3.51. The summed E-state index contributed by atoms with van der Waals surface area (Å²) in [5.74, 6) is -0.638. The fourth-order valence-corrected chi connectivity index (χ4v) is 4.30. The second-order valence-electron chi connectivity index (χ2n) is 7.25. The molecule has 1 aliphatic rings. The zero-order chi connectivity index (χ0) is 22.8. The lowest BCUT2D eigenvalue weighted by Crippen LogP contribution is -2.31. The number of nitrogens with one attached hydrogen (secondary N) is 3. The van der Waals surface area contributed by atoms with Crippen molar-refractivity contribution < 1.29 is 18.7 Å². The van der Waals surface area contributed by atoms with Crippen molar-refractivity contribution in [3.8, 4) is 0 Å². The zero-order valence-electron chi connectivity index (χ0n) is 16.9. The lowest BCUT2D eigenvalue weighted by atomic mass is 9.89. The highest BCUT2D eigenvalue weighted by molar-refractivity contribution is 6.31. The Balaban J connectivity index is 1.53. The van der Waals surface area contributed by atoms with Crippen LogP contribution < -0.4 is 10.6 Å². The molecule has 1 unspecified atom stereocenters. The number of nitrogens with zero attached hydrogens (tertiary/aromatic N) is 3. The van der Waals surface area contributed by atoms with Gasteiger partial charge in [0.2, 0.25) is 0 Å². The number of carbonyl (C=O) groups is 2. The third kappa shape index (κ3) is 4.42. The molecule has 0 fully saturated rings. The van der Waals surface area contributed by atoms with Gasteiger partial charge in [0.05, 0.1) is 11.1 Å². The Morgan fingerprint density at radius 1 is 1.38 bits per heavy atom. The van der Waals surface area contributed by atoms with E-state index in [0.717, 1.165) is 12.0 Å². The predicted octanol–water partition coefficient (Wildman–Crippen LogP) is 4.15. The van der Waals surface area contributed by atoms with E-state index in [2.05, 4.69) is 25.8 Å². The maximum absolute atomic E-state index is 13.4. The van der Waals surface area contributed by atoms with E-state index in [1.807, 2.05) is 0 Å².